The predicted molar refractivity (Wildman–Crippen MR) is 108 cm³/mol. The summed E-state index contributed by atoms with van der Waals surface area (Å²) in [4.78, 5) is 14.9. The van der Waals surface area contributed by atoms with E-state index in [0.717, 1.165) is 49.8 Å². The Hall–Kier alpha value is -1.71. The Kier molecular flexibility index (Phi) is 5.34. The summed E-state index contributed by atoms with van der Waals surface area (Å²) in [6.07, 6.45) is 4.91. The predicted octanol–water partition coefficient (Wildman–Crippen LogP) is 6.12. The van der Waals surface area contributed by atoms with Gasteiger partial charge in [0.15, 0.2) is 0 Å². The maximum Gasteiger partial charge on any atom is 0.410 e. The summed E-state index contributed by atoms with van der Waals surface area (Å²) in [5, 5.41) is 1.28. The molecule has 2 atom stereocenters. The van der Waals surface area contributed by atoms with Crippen molar-refractivity contribution >= 4 is 29.3 Å². The van der Waals surface area contributed by atoms with E-state index in [4.69, 9.17) is 27.9 Å². The Morgan fingerprint density at radius 2 is 1.81 bits per heavy atom. The van der Waals surface area contributed by atoms with Crippen LogP contribution in [0.5, 0.6) is 0 Å². The van der Waals surface area contributed by atoms with Gasteiger partial charge in [0.1, 0.15) is 6.61 Å². The fraction of sp³-hybridized carbons (Fsp3) is 0.409. The molecule has 0 bridgehead atoms. The molecule has 2 aromatic rings. The highest BCUT2D eigenvalue weighted by molar-refractivity contribution is 6.34. The van der Waals surface area contributed by atoms with Crippen molar-refractivity contribution in [3.8, 4) is 0 Å². The number of halogens is 2. The zero-order valence-corrected chi connectivity index (χ0v) is 16.7. The lowest BCUT2D eigenvalue weighted by atomic mass is 9.82. The average molecular weight is 404 g/mol. The molecule has 0 N–H and O–H groups in total. The van der Waals surface area contributed by atoms with Gasteiger partial charge in [-0.15, -0.1) is 0 Å². The Labute approximate surface area is 170 Å². The fourth-order valence-electron chi connectivity index (χ4n) is 4.87. The lowest BCUT2D eigenvalue weighted by Gasteiger charge is -2.38. The Balaban J connectivity index is 1.53. The number of carbonyl (C=O) groups is 1. The quantitative estimate of drug-likeness (QED) is 0.615. The van der Waals surface area contributed by atoms with Gasteiger partial charge in [-0.1, -0.05) is 60.0 Å². The number of benzene rings is 2. The highest BCUT2D eigenvalue weighted by Crippen LogP contribution is 2.49. The summed E-state index contributed by atoms with van der Waals surface area (Å²) >= 11 is 12.4. The first-order valence-electron chi connectivity index (χ1n) is 9.50. The van der Waals surface area contributed by atoms with Crippen LogP contribution in [0, 0.1) is 5.92 Å². The third-order valence-corrected chi connectivity index (χ3v) is 6.46. The van der Waals surface area contributed by atoms with Crippen LogP contribution in [0.15, 0.2) is 48.5 Å². The molecule has 1 heterocycles. The van der Waals surface area contributed by atoms with Crippen LogP contribution >= 0.6 is 23.2 Å². The van der Waals surface area contributed by atoms with E-state index in [2.05, 4.69) is 0 Å². The minimum Gasteiger partial charge on any atom is -0.445 e. The van der Waals surface area contributed by atoms with Gasteiger partial charge in [-0.3, -0.25) is 0 Å². The number of hydrogen-bond acceptors (Lipinski definition) is 2. The second kappa shape index (κ2) is 7.73. The normalized spacial score (nSPS) is 24.1. The first-order chi connectivity index (χ1) is 13.1. The number of likely N-dealkylation sites (tertiary alicyclic amines) is 1. The van der Waals surface area contributed by atoms with Crippen molar-refractivity contribution < 1.29 is 9.53 Å². The van der Waals surface area contributed by atoms with Crippen LogP contribution in [0.2, 0.25) is 10.0 Å². The summed E-state index contributed by atoms with van der Waals surface area (Å²) in [6, 6.07) is 15.5. The van der Waals surface area contributed by atoms with Crippen molar-refractivity contribution in [2.45, 2.75) is 44.2 Å². The molecule has 27 heavy (non-hydrogen) atoms. The molecule has 0 radical (unpaired) electrons. The first kappa shape index (κ1) is 18.6. The molecule has 1 saturated heterocycles. The molecular weight excluding hydrogens is 381 g/mol. The molecule has 3 nitrogen and oxygen atoms in total. The van der Waals surface area contributed by atoms with Gasteiger partial charge in [-0.05, 0) is 60.9 Å². The van der Waals surface area contributed by atoms with Gasteiger partial charge in [0.05, 0.1) is 5.54 Å². The molecule has 2 fully saturated rings. The third-order valence-electron chi connectivity index (χ3n) is 6.02. The monoisotopic (exact) mass is 403 g/mol. The molecular formula is C22H23Cl2NO2. The molecule has 1 aliphatic carbocycles. The van der Waals surface area contributed by atoms with Gasteiger partial charge in [0, 0.05) is 16.6 Å². The number of ether oxygens (including phenoxy) is 1. The zero-order chi connectivity index (χ0) is 18.9. The smallest absolute Gasteiger partial charge is 0.410 e. The number of nitrogens with zero attached hydrogens (tertiary/aromatic N) is 1. The van der Waals surface area contributed by atoms with E-state index in [9.17, 15) is 4.79 Å². The van der Waals surface area contributed by atoms with Gasteiger partial charge < -0.3 is 9.64 Å². The van der Waals surface area contributed by atoms with E-state index in [1.54, 1.807) is 6.07 Å². The highest BCUT2D eigenvalue weighted by atomic mass is 35.5. The van der Waals surface area contributed by atoms with Gasteiger partial charge in [0.25, 0.3) is 0 Å². The molecule has 142 valence electrons. The van der Waals surface area contributed by atoms with Crippen molar-refractivity contribution in [1.82, 2.24) is 4.90 Å². The van der Waals surface area contributed by atoms with E-state index in [1.165, 1.54) is 0 Å². The maximum absolute atomic E-state index is 12.9. The van der Waals surface area contributed by atoms with Gasteiger partial charge in [0.2, 0.25) is 0 Å². The number of amides is 1. The van der Waals surface area contributed by atoms with Crippen LogP contribution in [0.25, 0.3) is 0 Å². The Morgan fingerprint density at radius 1 is 1.07 bits per heavy atom. The maximum atomic E-state index is 12.9. The number of fused-ring (bicyclic) bond motifs is 1. The lowest BCUT2D eigenvalue weighted by molar-refractivity contribution is 0.0585. The van der Waals surface area contributed by atoms with E-state index >= 15 is 0 Å². The van der Waals surface area contributed by atoms with Crippen LogP contribution < -0.4 is 0 Å². The van der Waals surface area contributed by atoms with E-state index in [-0.39, 0.29) is 11.6 Å². The first-order valence-corrected chi connectivity index (χ1v) is 10.3. The van der Waals surface area contributed by atoms with E-state index < -0.39 is 0 Å². The van der Waals surface area contributed by atoms with Crippen molar-refractivity contribution in [3.63, 3.8) is 0 Å². The lowest BCUT2D eigenvalue weighted by Crippen LogP contribution is -2.50. The molecule has 1 amide bonds. The SMILES string of the molecule is O=C(OCc1ccccc1)N1CC[C@@H]2CCC[C@@]21Cc1cc(Cl)cc(Cl)c1. The van der Waals surface area contributed by atoms with Gasteiger partial charge >= 0.3 is 6.09 Å². The summed E-state index contributed by atoms with van der Waals surface area (Å²) in [5.41, 5.74) is 1.91. The highest BCUT2D eigenvalue weighted by Gasteiger charge is 2.53. The Morgan fingerprint density at radius 3 is 2.56 bits per heavy atom. The summed E-state index contributed by atoms with van der Waals surface area (Å²) in [7, 11) is 0. The standard InChI is InChI=1S/C22H23Cl2NO2/c23-19-11-17(12-20(24)13-19)14-22-9-4-7-18(22)8-10-25(22)21(26)27-15-16-5-2-1-3-6-16/h1-3,5-6,11-13,18H,4,7-10,14-15H2/t18-,22+/m0/s1. The second-order valence-corrected chi connectivity index (χ2v) is 8.50. The molecule has 2 aliphatic rings. The molecule has 0 unspecified atom stereocenters. The van der Waals surface area contributed by atoms with Crippen LogP contribution in [0.1, 0.15) is 36.8 Å². The van der Waals surface area contributed by atoms with Crippen molar-refractivity contribution in [2.24, 2.45) is 5.92 Å². The summed E-state index contributed by atoms with van der Waals surface area (Å²) in [6.45, 7) is 1.06. The Bertz CT molecular complexity index is 806. The molecule has 5 heteroatoms. The van der Waals surface area contributed by atoms with Gasteiger partial charge in [-0.2, -0.15) is 0 Å². The fourth-order valence-corrected chi connectivity index (χ4v) is 5.44. The molecule has 1 aliphatic heterocycles. The third kappa shape index (κ3) is 3.81. The average Bonchev–Trinajstić information content (AvgIpc) is 3.17. The zero-order valence-electron chi connectivity index (χ0n) is 15.2. The van der Waals surface area contributed by atoms with Crippen molar-refractivity contribution in [1.29, 1.82) is 0 Å². The van der Waals surface area contributed by atoms with E-state index in [1.807, 2.05) is 47.4 Å². The summed E-state index contributed by atoms with van der Waals surface area (Å²) < 4.78 is 5.67. The molecule has 2 aromatic carbocycles. The largest absolute Gasteiger partial charge is 0.445 e. The summed E-state index contributed by atoms with van der Waals surface area (Å²) in [5.74, 6) is 0.513. The van der Waals surface area contributed by atoms with Crippen LogP contribution in [0.3, 0.4) is 0 Å². The minimum atomic E-state index is -0.212. The van der Waals surface area contributed by atoms with E-state index in [0.29, 0.717) is 22.6 Å². The number of carbonyl (C=O) groups excluding carboxylic acids is 1. The molecule has 1 saturated carbocycles. The van der Waals surface area contributed by atoms with Crippen LogP contribution in [-0.4, -0.2) is 23.1 Å². The molecule has 0 aromatic heterocycles. The van der Waals surface area contributed by atoms with Crippen molar-refractivity contribution in [3.05, 3.63) is 69.7 Å². The van der Waals surface area contributed by atoms with Crippen molar-refractivity contribution in [2.75, 3.05) is 6.54 Å². The number of rotatable bonds is 4. The minimum absolute atomic E-state index is 0.179. The van der Waals surface area contributed by atoms with Gasteiger partial charge in [-0.25, -0.2) is 4.79 Å². The molecule has 0 spiro atoms. The topological polar surface area (TPSA) is 29.5 Å². The van der Waals surface area contributed by atoms with Crippen LogP contribution in [0.4, 0.5) is 4.79 Å². The second-order valence-electron chi connectivity index (χ2n) is 7.63. The van der Waals surface area contributed by atoms with Crippen LogP contribution in [-0.2, 0) is 17.8 Å². The number of hydrogen-bond donors (Lipinski definition) is 0. The molecule has 4 rings (SSSR count).